The van der Waals surface area contributed by atoms with Crippen molar-refractivity contribution >= 4 is 28.6 Å². The van der Waals surface area contributed by atoms with Crippen molar-refractivity contribution in [1.82, 2.24) is 9.55 Å². The van der Waals surface area contributed by atoms with Crippen LogP contribution in [0, 0.1) is 0 Å². The predicted molar refractivity (Wildman–Crippen MR) is 77.8 cm³/mol. The summed E-state index contributed by atoms with van der Waals surface area (Å²) in [5.41, 5.74) is 2.26. The van der Waals surface area contributed by atoms with E-state index in [4.69, 9.17) is 16.7 Å². The molecule has 100 valence electrons. The molecule has 0 atom stereocenters. The number of benzene rings is 2. The van der Waals surface area contributed by atoms with Crippen molar-refractivity contribution in [3.8, 4) is 11.4 Å². The Morgan fingerprint density at radius 1 is 1.15 bits per heavy atom. The molecule has 0 unspecified atom stereocenters. The lowest BCUT2D eigenvalue weighted by Crippen LogP contribution is -2.10. The summed E-state index contributed by atoms with van der Waals surface area (Å²) in [5.74, 6) is -0.347. The second-order valence-electron chi connectivity index (χ2n) is 4.38. The summed E-state index contributed by atoms with van der Waals surface area (Å²) in [5, 5.41) is 9.65. The van der Waals surface area contributed by atoms with Gasteiger partial charge in [0.05, 0.1) is 16.1 Å². The molecule has 3 rings (SSSR count). The van der Waals surface area contributed by atoms with E-state index >= 15 is 0 Å². The second kappa shape index (κ2) is 4.98. The molecule has 1 N–H and O–H groups in total. The molecule has 0 bridgehead atoms. The minimum Gasteiger partial charge on any atom is -0.480 e. The zero-order valence-corrected chi connectivity index (χ0v) is 11.2. The first-order valence-electron chi connectivity index (χ1n) is 6.09. The minimum absolute atomic E-state index is 0.152. The molecule has 0 aliphatic heterocycles. The Morgan fingerprint density at radius 3 is 2.60 bits per heavy atom. The van der Waals surface area contributed by atoms with E-state index in [9.17, 15) is 4.79 Å². The molecule has 4 nitrogen and oxygen atoms in total. The predicted octanol–water partition coefficient (Wildman–Crippen LogP) is 3.44. The lowest BCUT2D eigenvalue weighted by molar-refractivity contribution is -0.137. The first-order valence-corrected chi connectivity index (χ1v) is 6.46. The van der Waals surface area contributed by atoms with E-state index in [1.165, 1.54) is 0 Å². The van der Waals surface area contributed by atoms with Gasteiger partial charge < -0.3 is 9.67 Å². The molecule has 0 aliphatic carbocycles. The summed E-state index contributed by atoms with van der Waals surface area (Å²) in [6, 6.07) is 14.7. The van der Waals surface area contributed by atoms with Gasteiger partial charge in [0.1, 0.15) is 12.4 Å². The Hall–Kier alpha value is -2.33. The van der Waals surface area contributed by atoms with Gasteiger partial charge in [-0.1, -0.05) is 35.9 Å². The number of fused-ring (bicyclic) bond motifs is 1. The topological polar surface area (TPSA) is 55.1 Å². The second-order valence-corrected chi connectivity index (χ2v) is 4.79. The Bertz CT molecular complexity index is 795. The summed E-state index contributed by atoms with van der Waals surface area (Å²) >= 11 is 6.19. The molecular formula is C15H11ClN2O2. The molecule has 2 aromatic carbocycles. The highest BCUT2D eigenvalue weighted by Gasteiger charge is 2.16. The molecule has 0 aliphatic rings. The summed E-state index contributed by atoms with van der Waals surface area (Å²) in [6.07, 6.45) is 0. The van der Waals surface area contributed by atoms with E-state index in [0.717, 1.165) is 16.6 Å². The first-order chi connectivity index (χ1) is 9.66. The number of aromatic nitrogens is 2. The number of aliphatic carboxylic acids is 1. The zero-order valence-electron chi connectivity index (χ0n) is 10.5. The van der Waals surface area contributed by atoms with Crippen LogP contribution in [0.25, 0.3) is 22.4 Å². The van der Waals surface area contributed by atoms with Crippen molar-refractivity contribution in [2.24, 2.45) is 0 Å². The quantitative estimate of drug-likeness (QED) is 0.802. The van der Waals surface area contributed by atoms with E-state index < -0.39 is 5.97 Å². The molecule has 0 saturated carbocycles. The molecule has 20 heavy (non-hydrogen) atoms. The Balaban J connectivity index is 2.29. The van der Waals surface area contributed by atoms with Crippen molar-refractivity contribution < 1.29 is 9.90 Å². The van der Waals surface area contributed by atoms with Crippen LogP contribution in [-0.4, -0.2) is 20.6 Å². The number of carbonyl (C=O) groups is 1. The summed E-state index contributed by atoms with van der Waals surface area (Å²) < 4.78 is 1.67. The maximum absolute atomic E-state index is 11.1. The molecule has 3 aromatic rings. The number of rotatable bonds is 3. The van der Waals surface area contributed by atoms with Crippen molar-refractivity contribution in [1.29, 1.82) is 0 Å². The van der Waals surface area contributed by atoms with Crippen molar-refractivity contribution in [3.63, 3.8) is 0 Å². The summed E-state index contributed by atoms with van der Waals surface area (Å²) in [6.45, 7) is -0.152. The average molecular weight is 287 g/mol. The summed E-state index contributed by atoms with van der Waals surface area (Å²) in [4.78, 5) is 15.6. The van der Waals surface area contributed by atoms with Crippen molar-refractivity contribution in [2.75, 3.05) is 0 Å². The number of halogens is 1. The Kier molecular flexibility index (Phi) is 3.16. The lowest BCUT2D eigenvalue weighted by atomic mass is 10.2. The zero-order chi connectivity index (χ0) is 14.1. The van der Waals surface area contributed by atoms with Crippen LogP contribution < -0.4 is 0 Å². The van der Waals surface area contributed by atoms with Gasteiger partial charge in [0.25, 0.3) is 0 Å². The fourth-order valence-electron chi connectivity index (χ4n) is 2.22. The number of para-hydroxylation sites is 2. The lowest BCUT2D eigenvalue weighted by Gasteiger charge is -2.07. The van der Waals surface area contributed by atoms with Crippen LogP contribution in [0.3, 0.4) is 0 Å². The SMILES string of the molecule is O=C(O)Cn1c(-c2ccccc2Cl)nc2ccccc21. The van der Waals surface area contributed by atoms with Crippen molar-refractivity contribution in [3.05, 3.63) is 53.6 Å². The largest absolute Gasteiger partial charge is 0.480 e. The summed E-state index contributed by atoms with van der Waals surface area (Å²) in [7, 11) is 0. The van der Waals surface area contributed by atoms with Gasteiger partial charge in [0.2, 0.25) is 0 Å². The minimum atomic E-state index is -0.915. The van der Waals surface area contributed by atoms with E-state index in [1.54, 1.807) is 10.6 Å². The van der Waals surface area contributed by atoms with Crippen molar-refractivity contribution in [2.45, 2.75) is 6.54 Å². The number of hydrogen-bond donors (Lipinski definition) is 1. The molecule has 0 spiro atoms. The van der Waals surface area contributed by atoms with Crippen LogP contribution in [0.4, 0.5) is 0 Å². The van der Waals surface area contributed by atoms with Gasteiger partial charge in [-0.15, -0.1) is 0 Å². The molecular weight excluding hydrogens is 276 g/mol. The smallest absolute Gasteiger partial charge is 0.323 e. The normalized spacial score (nSPS) is 10.8. The van der Waals surface area contributed by atoms with E-state index in [1.807, 2.05) is 42.5 Å². The third-order valence-corrected chi connectivity index (χ3v) is 3.39. The third-order valence-electron chi connectivity index (χ3n) is 3.06. The molecule has 0 saturated heterocycles. The highest BCUT2D eigenvalue weighted by Crippen LogP contribution is 2.29. The average Bonchev–Trinajstić information content (AvgIpc) is 2.78. The molecule has 1 aromatic heterocycles. The van der Waals surface area contributed by atoms with E-state index in [0.29, 0.717) is 10.8 Å². The Morgan fingerprint density at radius 2 is 1.85 bits per heavy atom. The molecule has 5 heteroatoms. The Labute approximate surface area is 120 Å². The van der Waals surface area contributed by atoms with E-state index in [2.05, 4.69) is 4.98 Å². The molecule has 0 fully saturated rings. The maximum atomic E-state index is 11.1. The highest BCUT2D eigenvalue weighted by molar-refractivity contribution is 6.33. The molecule has 0 radical (unpaired) electrons. The van der Waals surface area contributed by atoms with Gasteiger partial charge in [0.15, 0.2) is 0 Å². The monoisotopic (exact) mass is 286 g/mol. The fourth-order valence-corrected chi connectivity index (χ4v) is 2.44. The van der Waals surface area contributed by atoms with Gasteiger partial charge in [-0.3, -0.25) is 4.79 Å². The fraction of sp³-hybridized carbons (Fsp3) is 0.0667. The number of nitrogens with zero attached hydrogens (tertiary/aromatic N) is 2. The van der Waals surface area contributed by atoms with Gasteiger partial charge in [-0.25, -0.2) is 4.98 Å². The van der Waals surface area contributed by atoms with E-state index in [-0.39, 0.29) is 6.54 Å². The highest BCUT2D eigenvalue weighted by atomic mass is 35.5. The van der Waals surface area contributed by atoms with Crippen LogP contribution in [0.2, 0.25) is 5.02 Å². The van der Waals surface area contributed by atoms with Gasteiger partial charge in [-0.2, -0.15) is 0 Å². The molecule has 0 amide bonds. The first kappa shape index (κ1) is 12.7. The van der Waals surface area contributed by atoms with Crippen LogP contribution >= 0.6 is 11.6 Å². The van der Waals surface area contributed by atoms with Gasteiger partial charge in [0, 0.05) is 5.56 Å². The van der Waals surface area contributed by atoms with Crippen LogP contribution in [0.5, 0.6) is 0 Å². The number of hydrogen-bond acceptors (Lipinski definition) is 2. The molecule has 1 heterocycles. The van der Waals surface area contributed by atoms with Crippen LogP contribution in [0.15, 0.2) is 48.5 Å². The van der Waals surface area contributed by atoms with Crippen LogP contribution in [-0.2, 0) is 11.3 Å². The number of carboxylic acids is 1. The third kappa shape index (κ3) is 2.14. The standard InChI is InChI=1S/C15H11ClN2O2/c16-11-6-2-1-5-10(11)15-17-12-7-3-4-8-13(12)18(15)9-14(19)20/h1-8H,9H2,(H,19,20). The number of carboxylic acid groups (broad SMARTS) is 1. The maximum Gasteiger partial charge on any atom is 0.323 e. The van der Waals surface area contributed by atoms with Crippen LogP contribution in [0.1, 0.15) is 0 Å². The van der Waals surface area contributed by atoms with Gasteiger partial charge in [-0.05, 0) is 24.3 Å². The van der Waals surface area contributed by atoms with Gasteiger partial charge >= 0.3 is 5.97 Å². The number of imidazole rings is 1.